The monoisotopic (exact) mass is 320 g/mol. The molecule has 1 aromatic rings. The smallest absolute Gasteiger partial charge is 0.245 e. The van der Waals surface area contributed by atoms with Gasteiger partial charge in [0.05, 0.1) is 6.61 Å². The second-order valence-corrected chi connectivity index (χ2v) is 5.71. The Balaban J connectivity index is 0.00000200. The van der Waals surface area contributed by atoms with E-state index >= 15 is 0 Å². The Morgan fingerprint density at radius 2 is 2.35 bits per heavy atom. The highest BCUT2D eigenvalue weighted by Gasteiger charge is 2.19. The Morgan fingerprint density at radius 1 is 1.65 bits per heavy atom. The van der Waals surface area contributed by atoms with E-state index in [-0.39, 0.29) is 24.9 Å². The van der Waals surface area contributed by atoms with E-state index in [9.17, 15) is 4.79 Å². The third-order valence-electron chi connectivity index (χ3n) is 3.18. The first kappa shape index (κ1) is 17.3. The summed E-state index contributed by atoms with van der Waals surface area (Å²) >= 11 is 1.54. The van der Waals surface area contributed by atoms with E-state index in [0.717, 1.165) is 25.9 Å². The van der Waals surface area contributed by atoms with Crippen LogP contribution < -0.4 is 16.4 Å². The van der Waals surface area contributed by atoms with Crippen LogP contribution in [0.5, 0.6) is 0 Å². The Morgan fingerprint density at radius 3 is 3.00 bits per heavy atom. The number of hydrogen-bond acceptors (Lipinski definition) is 6. The quantitative estimate of drug-likeness (QED) is 0.751. The summed E-state index contributed by atoms with van der Waals surface area (Å²) in [5.74, 6) is 0.296. The molecule has 4 N–H and O–H groups in total. The molecule has 6 nitrogen and oxygen atoms in total. The molecule has 1 amide bonds. The average Bonchev–Trinajstić information content (AvgIpc) is 2.88. The molecular formula is C12H21ClN4O2S. The minimum atomic E-state index is -0.656. The Kier molecular flexibility index (Phi) is 7.39. The third-order valence-corrected chi connectivity index (χ3v) is 4.25. The van der Waals surface area contributed by atoms with Crippen molar-refractivity contribution < 1.29 is 9.53 Å². The predicted molar refractivity (Wildman–Crippen MR) is 82.7 cm³/mol. The number of methoxy groups -OCH3 is 1. The van der Waals surface area contributed by atoms with Crippen LogP contribution in [0.4, 0.5) is 5.13 Å². The van der Waals surface area contributed by atoms with Gasteiger partial charge in [-0.15, -0.1) is 23.7 Å². The van der Waals surface area contributed by atoms with E-state index in [4.69, 9.17) is 10.5 Å². The van der Waals surface area contributed by atoms with Crippen molar-refractivity contribution in [3.05, 3.63) is 11.1 Å². The first-order valence-corrected chi connectivity index (χ1v) is 7.24. The molecule has 2 heterocycles. The topological polar surface area (TPSA) is 89.3 Å². The second-order valence-electron chi connectivity index (χ2n) is 4.64. The standard InChI is InChI=1S/C12H20N4O2S.ClH/c1-18-7-9(13)11(17)16-12-15-6-10(19-12)8-2-4-14-5-3-8;/h6,8-9,14H,2-5,7,13H2,1H3,(H,15,16,17);1H. The predicted octanol–water partition coefficient (Wildman–Crippen LogP) is 0.944. The number of ether oxygens (including phenoxy) is 1. The van der Waals surface area contributed by atoms with Crippen LogP contribution in [0.25, 0.3) is 0 Å². The summed E-state index contributed by atoms with van der Waals surface area (Å²) in [6.07, 6.45) is 4.11. The van der Waals surface area contributed by atoms with E-state index in [0.29, 0.717) is 11.0 Å². The van der Waals surface area contributed by atoms with Crippen molar-refractivity contribution in [1.82, 2.24) is 10.3 Å². The number of carbonyl (C=O) groups excluding carboxylic acids is 1. The van der Waals surface area contributed by atoms with Crippen molar-refractivity contribution in [2.45, 2.75) is 24.8 Å². The van der Waals surface area contributed by atoms with Crippen LogP contribution in [0.15, 0.2) is 6.20 Å². The zero-order chi connectivity index (χ0) is 13.7. The highest BCUT2D eigenvalue weighted by molar-refractivity contribution is 7.15. The van der Waals surface area contributed by atoms with E-state index < -0.39 is 6.04 Å². The minimum Gasteiger partial charge on any atom is -0.383 e. The first-order chi connectivity index (χ1) is 9.20. The summed E-state index contributed by atoms with van der Waals surface area (Å²) in [5, 5.41) is 6.69. The maximum Gasteiger partial charge on any atom is 0.245 e. The number of carbonyl (C=O) groups is 1. The molecule has 0 saturated carbocycles. The molecule has 0 aliphatic carbocycles. The molecule has 1 saturated heterocycles. The summed E-state index contributed by atoms with van der Waals surface area (Å²) in [4.78, 5) is 17.2. The Hall–Kier alpha value is -0.730. The number of rotatable bonds is 5. The molecule has 2 rings (SSSR count). The van der Waals surface area contributed by atoms with E-state index in [1.165, 1.54) is 23.3 Å². The van der Waals surface area contributed by atoms with Gasteiger partial charge < -0.3 is 21.1 Å². The highest BCUT2D eigenvalue weighted by Crippen LogP contribution is 2.31. The number of amides is 1. The second kappa shape index (κ2) is 8.53. The zero-order valence-corrected chi connectivity index (χ0v) is 13.1. The van der Waals surface area contributed by atoms with Gasteiger partial charge >= 0.3 is 0 Å². The number of anilines is 1. The molecule has 1 aromatic heterocycles. The molecule has 1 atom stereocenters. The minimum absolute atomic E-state index is 0. The number of hydrogen-bond donors (Lipinski definition) is 3. The van der Waals surface area contributed by atoms with Crippen LogP contribution in [-0.2, 0) is 9.53 Å². The summed E-state index contributed by atoms with van der Waals surface area (Å²) in [5.41, 5.74) is 5.66. The van der Waals surface area contributed by atoms with Crippen molar-refractivity contribution in [1.29, 1.82) is 0 Å². The number of nitrogens with two attached hydrogens (primary N) is 1. The lowest BCUT2D eigenvalue weighted by molar-refractivity contribution is -0.118. The van der Waals surface area contributed by atoms with Crippen LogP contribution in [-0.4, -0.2) is 43.7 Å². The van der Waals surface area contributed by atoms with Gasteiger partial charge in [0.25, 0.3) is 0 Å². The van der Waals surface area contributed by atoms with Gasteiger partial charge in [-0.2, -0.15) is 0 Å². The van der Waals surface area contributed by atoms with Gasteiger partial charge in [-0.3, -0.25) is 4.79 Å². The molecule has 8 heteroatoms. The van der Waals surface area contributed by atoms with Crippen molar-refractivity contribution in [3.63, 3.8) is 0 Å². The van der Waals surface area contributed by atoms with Crippen molar-refractivity contribution >= 4 is 34.8 Å². The normalized spacial score (nSPS) is 17.3. The van der Waals surface area contributed by atoms with E-state index in [2.05, 4.69) is 15.6 Å². The molecule has 0 radical (unpaired) electrons. The van der Waals surface area contributed by atoms with Gasteiger partial charge in [-0.25, -0.2) is 4.98 Å². The molecule has 20 heavy (non-hydrogen) atoms. The van der Waals surface area contributed by atoms with Crippen molar-refractivity contribution in [2.24, 2.45) is 5.73 Å². The lowest BCUT2D eigenvalue weighted by atomic mass is 9.97. The van der Waals surface area contributed by atoms with Crippen LogP contribution in [0, 0.1) is 0 Å². The fourth-order valence-corrected chi connectivity index (χ4v) is 3.08. The molecule has 1 fully saturated rings. The Bertz CT molecular complexity index is 423. The maximum absolute atomic E-state index is 11.7. The molecular weight excluding hydrogens is 300 g/mol. The number of nitrogens with one attached hydrogen (secondary N) is 2. The van der Waals surface area contributed by atoms with Gasteiger partial charge in [0.15, 0.2) is 5.13 Å². The van der Waals surface area contributed by atoms with Crippen LogP contribution in [0.1, 0.15) is 23.6 Å². The fraction of sp³-hybridized carbons (Fsp3) is 0.667. The zero-order valence-electron chi connectivity index (χ0n) is 11.4. The molecule has 1 aliphatic rings. The molecule has 114 valence electrons. The molecule has 0 aromatic carbocycles. The molecule has 1 aliphatic heterocycles. The van der Waals surface area contributed by atoms with Gasteiger partial charge in [-0.05, 0) is 31.8 Å². The van der Waals surface area contributed by atoms with Crippen LogP contribution in [0.3, 0.4) is 0 Å². The number of aromatic nitrogens is 1. The molecule has 1 unspecified atom stereocenters. The third kappa shape index (κ3) is 4.68. The van der Waals surface area contributed by atoms with Gasteiger partial charge in [0.2, 0.25) is 5.91 Å². The van der Waals surface area contributed by atoms with E-state index in [1.54, 1.807) is 0 Å². The van der Waals surface area contributed by atoms with Crippen LogP contribution in [0.2, 0.25) is 0 Å². The molecule has 0 spiro atoms. The largest absolute Gasteiger partial charge is 0.383 e. The number of piperidine rings is 1. The van der Waals surface area contributed by atoms with Crippen molar-refractivity contribution in [2.75, 3.05) is 32.1 Å². The average molecular weight is 321 g/mol. The lowest BCUT2D eigenvalue weighted by Gasteiger charge is -2.20. The first-order valence-electron chi connectivity index (χ1n) is 6.42. The summed E-state index contributed by atoms with van der Waals surface area (Å²) < 4.78 is 4.85. The summed E-state index contributed by atoms with van der Waals surface area (Å²) in [7, 11) is 1.52. The van der Waals surface area contributed by atoms with Gasteiger partial charge in [-0.1, -0.05) is 0 Å². The van der Waals surface area contributed by atoms with Crippen LogP contribution >= 0.6 is 23.7 Å². The SMILES string of the molecule is COCC(N)C(=O)Nc1ncc(C2CCNCC2)s1.Cl. The fourth-order valence-electron chi connectivity index (χ4n) is 2.09. The number of thiazole rings is 1. The highest BCUT2D eigenvalue weighted by atomic mass is 35.5. The van der Waals surface area contributed by atoms with Crippen molar-refractivity contribution in [3.8, 4) is 0 Å². The molecule has 0 bridgehead atoms. The summed E-state index contributed by atoms with van der Waals surface area (Å²) in [6.45, 7) is 2.30. The lowest BCUT2D eigenvalue weighted by Crippen LogP contribution is -2.39. The van der Waals surface area contributed by atoms with E-state index in [1.807, 2.05) is 6.20 Å². The maximum atomic E-state index is 11.7. The van der Waals surface area contributed by atoms with Gasteiger partial charge in [0.1, 0.15) is 6.04 Å². The number of halogens is 1. The summed E-state index contributed by atoms with van der Waals surface area (Å²) in [6, 6.07) is -0.656. The Labute approximate surface area is 128 Å². The van der Waals surface area contributed by atoms with Gasteiger partial charge in [0, 0.05) is 18.2 Å². The number of nitrogens with zero attached hydrogens (tertiary/aromatic N) is 1.